The molecule has 19 heavy (non-hydrogen) atoms. The van der Waals surface area contributed by atoms with Gasteiger partial charge in [-0.1, -0.05) is 11.8 Å². The van der Waals surface area contributed by atoms with Crippen LogP contribution in [0.1, 0.15) is 6.92 Å². The van der Waals surface area contributed by atoms with Gasteiger partial charge in [-0.05, 0) is 19.1 Å². The summed E-state index contributed by atoms with van der Waals surface area (Å²) in [6.07, 6.45) is 4.54. The summed E-state index contributed by atoms with van der Waals surface area (Å²) in [5.41, 5.74) is 6.15. The first kappa shape index (κ1) is 13.2. The first-order valence-corrected chi connectivity index (χ1v) is 6.35. The first-order chi connectivity index (χ1) is 9.15. The van der Waals surface area contributed by atoms with E-state index in [1.807, 2.05) is 0 Å². The third-order valence-corrected chi connectivity index (χ3v) is 3.14. The zero-order chi connectivity index (χ0) is 13.7. The molecule has 8 heteroatoms. The lowest BCUT2D eigenvalue weighted by Gasteiger charge is -2.10. The largest absolute Gasteiger partial charge is 0.368 e. The van der Waals surface area contributed by atoms with E-state index in [1.165, 1.54) is 18.1 Å². The van der Waals surface area contributed by atoms with Crippen molar-refractivity contribution in [1.82, 2.24) is 19.9 Å². The normalized spacial score (nSPS) is 11.8. The molecular formula is C11H12N6OS. The summed E-state index contributed by atoms with van der Waals surface area (Å²) < 4.78 is 0. The van der Waals surface area contributed by atoms with Crippen molar-refractivity contribution in [3.8, 4) is 0 Å². The van der Waals surface area contributed by atoms with Crippen molar-refractivity contribution in [3.05, 3.63) is 30.9 Å². The molecule has 1 unspecified atom stereocenters. The number of pyridine rings is 1. The standard InChI is InChI=1S/C11H12N6OS/c1-7(19-11-15-6-14-10(12)17-11)9(18)16-8-2-4-13-5-3-8/h2-7H,1H3,(H,13,16,18)(H2,12,14,15,17). The van der Waals surface area contributed by atoms with Crippen LogP contribution in [0.4, 0.5) is 11.6 Å². The highest BCUT2D eigenvalue weighted by Gasteiger charge is 2.16. The second-order valence-corrected chi connectivity index (χ2v) is 4.92. The molecule has 0 saturated heterocycles. The van der Waals surface area contributed by atoms with Crippen LogP contribution in [0.3, 0.4) is 0 Å². The summed E-state index contributed by atoms with van der Waals surface area (Å²) >= 11 is 1.22. The van der Waals surface area contributed by atoms with Crippen molar-refractivity contribution in [2.24, 2.45) is 0 Å². The number of aromatic nitrogens is 4. The zero-order valence-corrected chi connectivity index (χ0v) is 11.0. The maximum atomic E-state index is 11.9. The fourth-order valence-corrected chi connectivity index (χ4v) is 1.98. The number of thioether (sulfide) groups is 1. The Morgan fingerprint density at radius 1 is 1.37 bits per heavy atom. The van der Waals surface area contributed by atoms with E-state index in [0.717, 1.165) is 0 Å². The SMILES string of the molecule is CC(Sc1ncnc(N)n1)C(=O)Nc1ccncc1. The number of anilines is 2. The molecule has 0 aliphatic heterocycles. The molecule has 0 saturated carbocycles. The van der Waals surface area contributed by atoms with E-state index in [9.17, 15) is 4.79 Å². The highest BCUT2D eigenvalue weighted by Crippen LogP contribution is 2.20. The van der Waals surface area contributed by atoms with Crippen LogP contribution in [-0.2, 0) is 4.79 Å². The second-order valence-electron chi connectivity index (χ2n) is 3.61. The summed E-state index contributed by atoms with van der Waals surface area (Å²) in [7, 11) is 0. The molecule has 1 atom stereocenters. The number of nitrogen functional groups attached to an aromatic ring is 1. The molecule has 2 aromatic rings. The Morgan fingerprint density at radius 2 is 2.11 bits per heavy atom. The van der Waals surface area contributed by atoms with Crippen LogP contribution in [0.2, 0.25) is 0 Å². The van der Waals surface area contributed by atoms with E-state index in [1.54, 1.807) is 31.5 Å². The van der Waals surface area contributed by atoms with Gasteiger partial charge in [0.2, 0.25) is 11.9 Å². The summed E-state index contributed by atoms with van der Waals surface area (Å²) in [5, 5.41) is 2.84. The van der Waals surface area contributed by atoms with Crippen LogP contribution in [0.5, 0.6) is 0 Å². The Bertz CT molecular complexity index is 564. The van der Waals surface area contributed by atoms with Gasteiger partial charge in [0.1, 0.15) is 6.33 Å². The lowest BCUT2D eigenvalue weighted by Crippen LogP contribution is -2.22. The molecule has 0 radical (unpaired) electrons. The molecule has 0 spiro atoms. The summed E-state index contributed by atoms with van der Waals surface area (Å²) in [4.78, 5) is 27.4. The van der Waals surface area contributed by atoms with Crippen LogP contribution < -0.4 is 11.1 Å². The number of nitrogens with one attached hydrogen (secondary N) is 1. The van der Waals surface area contributed by atoms with Crippen LogP contribution >= 0.6 is 11.8 Å². The number of nitrogens with two attached hydrogens (primary N) is 1. The lowest BCUT2D eigenvalue weighted by atomic mass is 10.3. The van der Waals surface area contributed by atoms with E-state index < -0.39 is 0 Å². The highest BCUT2D eigenvalue weighted by molar-refractivity contribution is 8.00. The molecule has 98 valence electrons. The van der Waals surface area contributed by atoms with Gasteiger partial charge in [-0.3, -0.25) is 9.78 Å². The molecule has 7 nitrogen and oxygen atoms in total. The average Bonchev–Trinajstić information content (AvgIpc) is 2.40. The third-order valence-electron chi connectivity index (χ3n) is 2.17. The zero-order valence-electron chi connectivity index (χ0n) is 10.1. The van der Waals surface area contributed by atoms with Crippen LogP contribution in [0, 0.1) is 0 Å². The Balaban J connectivity index is 1.96. The molecule has 2 aromatic heterocycles. The lowest BCUT2D eigenvalue weighted by molar-refractivity contribution is -0.115. The maximum Gasteiger partial charge on any atom is 0.237 e. The van der Waals surface area contributed by atoms with E-state index in [2.05, 4.69) is 25.3 Å². The highest BCUT2D eigenvalue weighted by atomic mass is 32.2. The summed E-state index contributed by atoms with van der Waals surface area (Å²) in [5.74, 6) is -0.00516. The fourth-order valence-electron chi connectivity index (χ4n) is 1.24. The van der Waals surface area contributed by atoms with Crippen molar-refractivity contribution in [2.45, 2.75) is 17.3 Å². The van der Waals surface area contributed by atoms with Gasteiger partial charge in [-0.15, -0.1) is 0 Å². The van der Waals surface area contributed by atoms with Gasteiger partial charge >= 0.3 is 0 Å². The number of carbonyl (C=O) groups excluding carboxylic acids is 1. The summed E-state index contributed by atoms with van der Waals surface area (Å²) in [6, 6.07) is 3.44. The smallest absolute Gasteiger partial charge is 0.237 e. The monoisotopic (exact) mass is 276 g/mol. The maximum absolute atomic E-state index is 11.9. The summed E-state index contributed by atoms with van der Waals surface area (Å²) in [6.45, 7) is 1.77. The van der Waals surface area contributed by atoms with E-state index in [-0.39, 0.29) is 17.1 Å². The Labute approximate surface area is 114 Å². The van der Waals surface area contributed by atoms with Gasteiger partial charge < -0.3 is 11.1 Å². The molecule has 0 aliphatic rings. The van der Waals surface area contributed by atoms with Crippen LogP contribution in [0.25, 0.3) is 0 Å². The Hall–Kier alpha value is -2.22. The predicted molar refractivity (Wildman–Crippen MR) is 72.4 cm³/mol. The molecule has 0 bridgehead atoms. The van der Waals surface area contributed by atoms with Gasteiger partial charge in [0, 0.05) is 18.1 Å². The molecule has 2 heterocycles. The Kier molecular flexibility index (Phi) is 4.24. The van der Waals surface area contributed by atoms with Crippen LogP contribution in [0.15, 0.2) is 36.0 Å². The molecule has 0 fully saturated rings. The topological polar surface area (TPSA) is 107 Å². The number of amides is 1. The number of rotatable bonds is 4. The van der Waals surface area contributed by atoms with Crippen molar-refractivity contribution < 1.29 is 4.79 Å². The molecule has 3 N–H and O–H groups in total. The predicted octanol–water partition coefficient (Wildman–Crippen LogP) is 0.968. The van der Waals surface area contributed by atoms with Gasteiger partial charge in [0.15, 0.2) is 5.16 Å². The second kappa shape index (κ2) is 6.10. The van der Waals surface area contributed by atoms with E-state index in [4.69, 9.17) is 5.73 Å². The minimum Gasteiger partial charge on any atom is -0.368 e. The van der Waals surface area contributed by atoms with E-state index >= 15 is 0 Å². The van der Waals surface area contributed by atoms with Gasteiger partial charge in [-0.25, -0.2) is 9.97 Å². The molecule has 0 aromatic carbocycles. The number of hydrogen-bond acceptors (Lipinski definition) is 7. The molecular weight excluding hydrogens is 264 g/mol. The van der Waals surface area contributed by atoms with Gasteiger partial charge in [0.25, 0.3) is 0 Å². The first-order valence-electron chi connectivity index (χ1n) is 5.47. The fraction of sp³-hybridized carbons (Fsp3) is 0.182. The quantitative estimate of drug-likeness (QED) is 0.801. The third kappa shape index (κ3) is 3.88. The van der Waals surface area contributed by atoms with Crippen LogP contribution in [-0.4, -0.2) is 31.1 Å². The number of carbonyl (C=O) groups is 1. The average molecular weight is 276 g/mol. The van der Waals surface area contributed by atoms with Crippen molar-refractivity contribution in [3.63, 3.8) is 0 Å². The number of nitrogens with zero attached hydrogens (tertiary/aromatic N) is 4. The van der Waals surface area contributed by atoms with Gasteiger partial charge in [0.05, 0.1) is 5.25 Å². The molecule has 0 aliphatic carbocycles. The van der Waals surface area contributed by atoms with Crippen molar-refractivity contribution in [1.29, 1.82) is 0 Å². The van der Waals surface area contributed by atoms with Gasteiger partial charge in [-0.2, -0.15) is 4.98 Å². The van der Waals surface area contributed by atoms with Crippen molar-refractivity contribution >= 4 is 29.3 Å². The molecule has 2 rings (SSSR count). The minimum absolute atomic E-state index is 0.138. The molecule has 1 amide bonds. The minimum atomic E-state index is -0.352. The van der Waals surface area contributed by atoms with Crippen molar-refractivity contribution in [2.75, 3.05) is 11.1 Å². The van der Waals surface area contributed by atoms with E-state index in [0.29, 0.717) is 10.8 Å². The Morgan fingerprint density at radius 3 is 2.79 bits per heavy atom. The number of hydrogen-bond donors (Lipinski definition) is 2.